The van der Waals surface area contributed by atoms with Crippen molar-refractivity contribution in [2.75, 3.05) is 47.5 Å². The summed E-state index contributed by atoms with van der Waals surface area (Å²) in [6.07, 6.45) is 3.96. The van der Waals surface area contributed by atoms with Crippen LogP contribution in [-0.4, -0.2) is 61.9 Å². The summed E-state index contributed by atoms with van der Waals surface area (Å²) in [4.78, 5) is 28.5. The van der Waals surface area contributed by atoms with E-state index in [1.165, 1.54) is 11.4 Å². The minimum absolute atomic E-state index is 0.149. The van der Waals surface area contributed by atoms with E-state index < -0.39 is 0 Å². The van der Waals surface area contributed by atoms with Gasteiger partial charge in [-0.3, -0.25) is 9.59 Å². The molecule has 0 aliphatic heterocycles. The fraction of sp³-hybridized carbons (Fsp3) is 0.429. The van der Waals surface area contributed by atoms with Gasteiger partial charge in [-0.2, -0.15) is 22.0 Å². The summed E-state index contributed by atoms with van der Waals surface area (Å²) in [6.45, 7) is 12.4. The van der Waals surface area contributed by atoms with Gasteiger partial charge < -0.3 is 9.80 Å². The highest BCUT2D eigenvalue weighted by Crippen LogP contribution is 2.15. The highest BCUT2D eigenvalue weighted by Gasteiger charge is 2.04. The fourth-order valence-electron chi connectivity index (χ4n) is 3.62. The second kappa shape index (κ2) is 17.2. The van der Waals surface area contributed by atoms with Gasteiger partial charge in [0, 0.05) is 61.9 Å². The number of hydrogen-bond donors (Lipinski definition) is 2. The summed E-state index contributed by atoms with van der Waals surface area (Å²) >= 11 is 1.55. The molecule has 0 aliphatic carbocycles. The van der Waals surface area contributed by atoms with E-state index >= 15 is 0 Å². The lowest BCUT2D eigenvalue weighted by molar-refractivity contribution is -0.121. The molecule has 0 radical (unpaired) electrons. The Morgan fingerprint density at radius 1 is 0.676 bits per heavy atom. The van der Waals surface area contributed by atoms with Gasteiger partial charge in [-0.1, -0.05) is 24.3 Å². The molecule has 0 spiro atoms. The number of carbonyl (C=O) groups is 2. The summed E-state index contributed by atoms with van der Waals surface area (Å²) in [7, 11) is 0. The Morgan fingerprint density at radius 2 is 1.03 bits per heavy atom. The largest absolute Gasteiger partial charge is 0.372 e. The van der Waals surface area contributed by atoms with Crippen LogP contribution in [0.3, 0.4) is 0 Å². The molecule has 0 fully saturated rings. The SMILES string of the molecule is CCN(CC)c1ccc(/C=N\NC(=O)CCSCCC(=O)N/N=C\c2ccc(N(CC)CC)cc2)cc1. The lowest BCUT2D eigenvalue weighted by atomic mass is 10.2. The van der Waals surface area contributed by atoms with Crippen LogP contribution in [0.1, 0.15) is 51.7 Å². The van der Waals surface area contributed by atoms with E-state index in [0.717, 1.165) is 37.3 Å². The number of anilines is 2. The van der Waals surface area contributed by atoms with Crippen molar-refractivity contribution in [1.82, 2.24) is 10.9 Å². The Bertz CT molecular complexity index is 919. The van der Waals surface area contributed by atoms with Gasteiger partial charge in [-0.05, 0) is 63.1 Å². The molecule has 0 bridgehead atoms. The zero-order chi connectivity index (χ0) is 26.9. The van der Waals surface area contributed by atoms with E-state index in [1.807, 2.05) is 24.3 Å². The first-order chi connectivity index (χ1) is 18.0. The van der Waals surface area contributed by atoms with Crippen LogP contribution in [0.2, 0.25) is 0 Å². The number of carbonyl (C=O) groups excluding carboxylic acids is 2. The molecule has 0 heterocycles. The molecule has 2 amide bonds. The average Bonchev–Trinajstić information content (AvgIpc) is 2.91. The third-order valence-corrected chi connectivity index (χ3v) is 6.78. The van der Waals surface area contributed by atoms with Crippen molar-refractivity contribution in [3.63, 3.8) is 0 Å². The molecule has 0 saturated heterocycles. The molecule has 2 N–H and O–H groups in total. The first-order valence-electron chi connectivity index (χ1n) is 12.9. The van der Waals surface area contributed by atoms with Crippen LogP contribution in [0.5, 0.6) is 0 Å². The topological polar surface area (TPSA) is 89.4 Å². The maximum absolute atomic E-state index is 12.0. The molecular formula is C28H40N6O2S. The molecule has 8 nitrogen and oxygen atoms in total. The third-order valence-electron chi connectivity index (χ3n) is 5.80. The molecule has 2 rings (SSSR count). The van der Waals surface area contributed by atoms with E-state index in [0.29, 0.717) is 24.3 Å². The minimum atomic E-state index is -0.149. The monoisotopic (exact) mass is 524 g/mol. The van der Waals surface area contributed by atoms with Gasteiger partial charge in [0.2, 0.25) is 11.8 Å². The Balaban J connectivity index is 1.58. The molecular weight excluding hydrogens is 484 g/mol. The molecule has 2 aromatic carbocycles. The van der Waals surface area contributed by atoms with Crippen LogP contribution in [0.15, 0.2) is 58.7 Å². The number of amides is 2. The summed E-state index contributed by atoms with van der Waals surface area (Å²) in [6, 6.07) is 16.2. The number of benzene rings is 2. The Labute approximate surface area is 225 Å². The van der Waals surface area contributed by atoms with Crippen LogP contribution >= 0.6 is 11.8 Å². The number of rotatable bonds is 16. The highest BCUT2D eigenvalue weighted by molar-refractivity contribution is 7.99. The van der Waals surface area contributed by atoms with Crippen molar-refractivity contribution in [1.29, 1.82) is 0 Å². The lowest BCUT2D eigenvalue weighted by Gasteiger charge is -2.20. The van der Waals surface area contributed by atoms with Gasteiger partial charge in [0.05, 0.1) is 12.4 Å². The van der Waals surface area contributed by atoms with Crippen molar-refractivity contribution in [3.8, 4) is 0 Å². The van der Waals surface area contributed by atoms with Crippen LogP contribution < -0.4 is 20.7 Å². The molecule has 0 aromatic heterocycles. The number of nitrogens with zero attached hydrogens (tertiary/aromatic N) is 4. The normalized spacial score (nSPS) is 11.1. The Hall–Kier alpha value is -3.33. The summed E-state index contributed by atoms with van der Waals surface area (Å²) < 4.78 is 0. The number of thioether (sulfide) groups is 1. The minimum Gasteiger partial charge on any atom is -0.372 e. The lowest BCUT2D eigenvalue weighted by Crippen LogP contribution is -2.21. The van der Waals surface area contributed by atoms with E-state index in [-0.39, 0.29) is 11.8 Å². The standard InChI is InChI=1S/C28H40N6O2S/c1-5-33(6-2)25-13-9-23(10-14-25)21-29-31-27(35)17-19-37-20-18-28(36)32-30-22-24-11-15-26(16-12-24)34(7-3)8-4/h9-16,21-22H,5-8,17-20H2,1-4H3,(H,31,35)(H,32,36)/b29-21-,30-22-. The predicted molar refractivity (Wildman–Crippen MR) is 158 cm³/mol. The number of hydrazone groups is 2. The Morgan fingerprint density at radius 3 is 1.35 bits per heavy atom. The van der Waals surface area contributed by atoms with Crippen LogP contribution in [0.4, 0.5) is 11.4 Å². The van der Waals surface area contributed by atoms with Crippen molar-refractivity contribution < 1.29 is 9.59 Å². The van der Waals surface area contributed by atoms with Gasteiger partial charge in [0.15, 0.2) is 0 Å². The predicted octanol–water partition coefficient (Wildman–Crippen LogP) is 4.49. The van der Waals surface area contributed by atoms with Gasteiger partial charge in [0.25, 0.3) is 0 Å². The molecule has 0 aliphatic rings. The molecule has 2 aromatic rings. The van der Waals surface area contributed by atoms with E-state index in [1.54, 1.807) is 24.2 Å². The van der Waals surface area contributed by atoms with Gasteiger partial charge in [-0.25, -0.2) is 10.9 Å². The second-order valence-electron chi connectivity index (χ2n) is 8.23. The van der Waals surface area contributed by atoms with E-state index in [2.05, 4.69) is 82.8 Å². The number of nitrogens with one attached hydrogen (secondary N) is 2. The first-order valence-corrected chi connectivity index (χ1v) is 14.1. The second-order valence-corrected chi connectivity index (χ2v) is 9.45. The van der Waals surface area contributed by atoms with Gasteiger partial charge in [-0.15, -0.1) is 0 Å². The van der Waals surface area contributed by atoms with Crippen molar-refractivity contribution in [3.05, 3.63) is 59.7 Å². The molecule has 0 unspecified atom stereocenters. The smallest absolute Gasteiger partial charge is 0.240 e. The van der Waals surface area contributed by atoms with Crippen LogP contribution in [0, 0.1) is 0 Å². The zero-order valence-corrected chi connectivity index (χ0v) is 23.3. The summed E-state index contributed by atoms with van der Waals surface area (Å²) in [5.41, 5.74) is 9.31. The van der Waals surface area contributed by atoms with Crippen molar-refractivity contribution in [2.45, 2.75) is 40.5 Å². The van der Waals surface area contributed by atoms with Crippen molar-refractivity contribution in [2.24, 2.45) is 10.2 Å². The van der Waals surface area contributed by atoms with E-state index in [9.17, 15) is 9.59 Å². The maximum atomic E-state index is 12.0. The average molecular weight is 525 g/mol. The summed E-state index contributed by atoms with van der Waals surface area (Å²) in [5, 5.41) is 8.07. The highest BCUT2D eigenvalue weighted by atomic mass is 32.2. The molecule has 9 heteroatoms. The molecule has 37 heavy (non-hydrogen) atoms. The Kier molecular flexibility index (Phi) is 13.9. The molecule has 0 saturated carbocycles. The number of hydrogen-bond acceptors (Lipinski definition) is 7. The van der Waals surface area contributed by atoms with Gasteiger partial charge in [0.1, 0.15) is 0 Å². The van der Waals surface area contributed by atoms with Crippen LogP contribution in [-0.2, 0) is 9.59 Å². The maximum Gasteiger partial charge on any atom is 0.240 e. The third kappa shape index (κ3) is 11.1. The van der Waals surface area contributed by atoms with E-state index in [4.69, 9.17) is 0 Å². The van der Waals surface area contributed by atoms with Crippen LogP contribution in [0.25, 0.3) is 0 Å². The quantitative estimate of drug-likeness (QED) is 0.192. The molecule has 200 valence electrons. The zero-order valence-electron chi connectivity index (χ0n) is 22.4. The van der Waals surface area contributed by atoms with Gasteiger partial charge >= 0.3 is 0 Å². The fourth-order valence-corrected chi connectivity index (χ4v) is 4.48. The molecule has 0 atom stereocenters. The summed E-state index contributed by atoms with van der Waals surface area (Å²) in [5.74, 6) is 0.944. The first kappa shape index (κ1) is 29.9. The van der Waals surface area contributed by atoms with Crippen molar-refractivity contribution >= 4 is 47.4 Å².